The Bertz CT molecular complexity index is 746. The Morgan fingerprint density at radius 3 is 2.24 bits per heavy atom. The maximum atomic E-state index is 6.04. The van der Waals surface area contributed by atoms with E-state index in [0.29, 0.717) is 27.6 Å². The molecule has 0 atom stereocenters. The van der Waals surface area contributed by atoms with Crippen LogP contribution in [-0.2, 0) is 0 Å². The molecule has 0 spiro atoms. The lowest BCUT2D eigenvalue weighted by molar-refractivity contribution is 0.462. The van der Waals surface area contributed by atoms with Crippen molar-refractivity contribution in [2.75, 3.05) is 0 Å². The van der Waals surface area contributed by atoms with E-state index in [9.17, 15) is 0 Å². The summed E-state index contributed by atoms with van der Waals surface area (Å²) in [7, 11) is 0. The summed E-state index contributed by atoms with van der Waals surface area (Å²) in [6.45, 7) is 0. The lowest BCUT2D eigenvalue weighted by Crippen LogP contribution is -1.94. The second-order valence-corrected chi connectivity index (χ2v) is 5.10. The fraction of sp³-hybridized carbons (Fsp3) is 0. The Balaban J connectivity index is 1.93. The Morgan fingerprint density at radius 2 is 1.52 bits per heavy atom. The van der Waals surface area contributed by atoms with Crippen LogP contribution in [0.3, 0.4) is 0 Å². The highest BCUT2D eigenvalue weighted by atomic mass is 35.5. The summed E-state index contributed by atoms with van der Waals surface area (Å²) in [6, 6.07) is 18.2. The number of ether oxygens (including phenoxy) is 1. The monoisotopic (exact) mass is 316 g/mol. The lowest BCUT2D eigenvalue weighted by Gasteiger charge is -2.07. The average Bonchev–Trinajstić information content (AvgIpc) is 2.50. The third-order valence-electron chi connectivity index (χ3n) is 2.74. The number of hydrogen-bond acceptors (Lipinski definition) is 3. The fourth-order valence-corrected chi connectivity index (χ4v) is 2.09. The molecule has 5 heteroatoms. The van der Waals surface area contributed by atoms with Crippen molar-refractivity contribution in [3.8, 4) is 23.0 Å². The van der Waals surface area contributed by atoms with Crippen molar-refractivity contribution in [2.24, 2.45) is 0 Å². The van der Waals surface area contributed by atoms with Crippen LogP contribution in [0.2, 0.25) is 10.2 Å². The zero-order valence-electron chi connectivity index (χ0n) is 10.8. The summed E-state index contributed by atoms with van der Waals surface area (Å²) < 4.78 is 5.68. The summed E-state index contributed by atoms with van der Waals surface area (Å²) in [5, 5.41) is 0.973. The van der Waals surface area contributed by atoms with Gasteiger partial charge in [-0.25, -0.2) is 4.98 Å². The standard InChI is InChI=1S/C16H10Cl2N2O/c17-12-6-8-13(9-7-12)21-15-10-14(18)19-16(20-15)11-4-2-1-3-5-11/h1-10H. The molecule has 3 aromatic rings. The van der Waals surface area contributed by atoms with Crippen molar-refractivity contribution in [2.45, 2.75) is 0 Å². The van der Waals surface area contributed by atoms with Gasteiger partial charge in [-0.1, -0.05) is 53.5 Å². The van der Waals surface area contributed by atoms with Crippen LogP contribution in [0.1, 0.15) is 0 Å². The number of halogens is 2. The van der Waals surface area contributed by atoms with Crippen LogP contribution in [0.25, 0.3) is 11.4 Å². The number of nitrogens with zero attached hydrogens (tertiary/aromatic N) is 2. The van der Waals surface area contributed by atoms with E-state index in [4.69, 9.17) is 27.9 Å². The molecule has 3 nitrogen and oxygen atoms in total. The molecular weight excluding hydrogens is 307 g/mol. The van der Waals surface area contributed by atoms with Crippen LogP contribution in [-0.4, -0.2) is 9.97 Å². The highest BCUT2D eigenvalue weighted by molar-refractivity contribution is 6.30. The van der Waals surface area contributed by atoms with Gasteiger partial charge in [0.25, 0.3) is 0 Å². The third-order valence-corrected chi connectivity index (χ3v) is 3.19. The van der Waals surface area contributed by atoms with Crippen molar-refractivity contribution in [1.82, 2.24) is 9.97 Å². The van der Waals surface area contributed by atoms with E-state index < -0.39 is 0 Å². The zero-order chi connectivity index (χ0) is 14.7. The summed E-state index contributed by atoms with van der Waals surface area (Å²) in [4.78, 5) is 8.58. The molecule has 1 heterocycles. The Kier molecular flexibility index (Phi) is 4.04. The quantitative estimate of drug-likeness (QED) is 0.619. The van der Waals surface area contributed by atoms with Crippen molar-refractivity contribution in [3.63, 3.8) is 0 Å². The van der Waals surface area contributed by atoms with Crippen LogP contribution in [0.15, 0.2) is 60.7 Å². The predicted molar refractivity (Wildman–Crippen MR) is 84.0 cm³/mol. The molecule has 0 aliphatic heterocycles. The Morgan fingerprint density at radius 1 is 0.810 bits per heavy atom. The molecular formula is C16H10Cl2N2O. The minimum atomic E-state index is 0.327. The van der Waals surface area contributed by atoms with Gasteiger partial charge in [-0.05, 0) is 24.3 Å². The van der Waals surface area contributed by atoms with E-state index >= 15 is 0 Å². The summed E-state index contributed by atoms with van der Waals surface area (Å²) in [5.74, 6) is 1.54. The first-order valence-corrected chi connectivity index (χ1v) is 7.00. The molecule has 0 bridgehead atoms. The van der Waals surface area contributed by atoms with E-state index in [0.717, 1.165) is 5.56 Å². The van der Waals surface area contributed by atoms with Gasteiger partial charge in [-0.15, -0.1) is 0 Å². The van der Waals surface area contributed by atoms with Gasteiger partial charge in [-0.2, -0.15) is 4.98 Å². The van der Waals surface area contributed by atoms with Crippen molar-refractivity contribution in [3.05, 3.63) is 70.8 Å². The fourth-order valence-electron chi connectivity index (χ4n) is 1.79. The molecule has 21 heavy (non-hydrogen) atoms. The second-order valence-electron chi connectivity index (χ2n) is 4.27. The van der Waals surface area contributed by atoms with Gasteiger partial charge >= 0.3 is 0 Å². The Hall–Kier alpha value is -2.10. The highest BCUT2D eigenvalue weighted by Crippen LogP contribution is 2.26. The first-order chi connectivity index (χ1) is 10.2. The van der Waals surface area contributed by atoms with Gasteiger partial charge in [0.15, 0.2) is 5.82 Å². The van der Waals surface area contributed by atoms with Gasteiger partial charge < -0.3 is 4.74 Å². The number of benzene rings is 2. The maximum absolute atomic E-state index is 6.04. The molecule has 104 valence electrons. The molecule has 0 fully saturated rings. The minimum Gasteiger partial charge on any atom is -0.439 e. The molecule has 0 saturated carbocycles. The van der Waals surface area contributed by atoms with Crippen molar-refractivity contribution < 1.29 is 4.74 Å². The van der Waals surface area contributed by atoms with Crippen LogP contribution in [0, 0.1) is 0 Å². The molecule has 0 unspecified atom stereocenters. The first kappa shape index (κ1) is 13.9. The lowest BCUT2D eigenvalue weighted by atomic mass is 10.2. The van der Waals surface area contributed by atoms with Gasteiger partial charge in [0.2, 0.25) is 5.88 Å². The summed E-state index contributed by atoms with van der Waals surface area (Å²) >= 11 is 11.9. The maximum Gasteiger partial charge on any atom is 0.224 e. The van der Waals surface area contributed by atoms with E-state index in [1.807, 2.05) is 30.3 Å². The van der Waals surface area contributed by atoms with Gasteiger partial charge in [-0.3, -0.25) is 0 Å². The predicted octanol–water partition coefficient (Wildman–Crippen LogP) is 5.24. The number of hydrogen-bond donors (Lipinski definition) is 0. The van der Waals surface area contributed by atoms with E-state index in [1.54, 1.807) is 30.3 Å². The summed E-state index contributed by atoms with van der Waals surface area (Å²) in [5.41, 5.74) is 0.876. The second kappa shape index (κ2) is 6.12. The smallest absolute Gasteiger partial charge is 0.224 e. The van der Waals surface area contributed by atoms with Crippen LogP contribution < -0.4 is 4.74 Å². The van der Waals surface area contributed by atoms with Gasteiger partial charge in [0.05, 0.1) is 0 Å². The molecule has 0 radical (unpaired) electrons. The number of rotatable bonds is 3. The molecule has 0 aliphatic rings. The average molecular weight is 317 g/mol. The van der Waals surface area contributed by atoms with Crippen molar-refractivity contribution in [1.29, 1.82) is 0 Å². The minimum absolute atomic E-state index is 0.327. The van der Waals surface area contributed by atoms with Gasteiger partial charge in [0.1, 0.15) is 10.9 Å². The largest absolute Gasteiger partial charge is 0.439 e. The topological polar surface area (TPSA) is 35.0 Å². The Labute approximate surface area is 132 Å². The van der Waals surface area contributed by atoms with E-state index in [1.165, 1.54) is 0 Å². The molecule has 3 rings (SSSR count). The van der Waals surface area contributed by atoms with E-state index in [-0.39, 0.29) is 0 Å². The molecule has 0 aliphatic carbocycles. The van der Waals surface area contributed by atoms with Gasteiger partial charge in [0, 0.05) is 16.7 Å². The normalized spacial score (nSPS) is 10.4. The third kappa shape index (κ3) is 3.51. The molecule has 2 aromatic carbocycles. The zero-order valence-corrected chi connectivity index (χ0v) is 12.3. The summed E-state index contributed by atoms with van der Waals surface area (Å²) in [6.07, 6.45) is 0. The molecule has 1 aromatic heterocycles. The van der Waals surface area contributed by atoms with Crippen LogP contribution in [0.4, 0.5) is 0 Å². The highest BCUT2D eigenvalue weighted by Gasteiger charge is 2.07. The van der Waals surface area contributed by atoms with Crippen LogP contribution in [0.5, 0.6) is 11.6 Å². The SMILES string of the molecule is Clc1ccc(Oc2cc(Cl)nc(-c3ccccc3)n2)cc1. The molecule has 0 amide bonds. The van der Waals surface area contributed by atoms with E-state index in [2.05, 4.69) is 9.97 Å². The molecule has 0 N–H and O–H groups in total. The van der Waals surface area contributed by atoms with Crippen LogP contribution >= 0.6 is 23.2 Å². The van der Waals surface area contributed by atoms with Crippen molar-refractivity contribution >= 4 is 23.2 Å². The first-order valence-electron chi connectivity index (χ1n) is 6.24. The molecule has 0 saturated heterocycles. The number of aromatic nitrogens is 2.